The van der Waals surface area contributed by atoms with Gasteiger partial charge in [0.05, 0.1) is 5.69 Å². The van der Waals surface area contributed by atoms with Crippen LogP contribution in [0.15, 0.2) is 17.4 Å². The van der Waals surface area contributed by atoms with E-state index in [9.17, 15) is 0 Å². The number of nitrogens with two attached hydrogens (primary N) is 1. The molecule has 4 nitrogen and oxygen atoms in total. The first-order valence-corrected chi connectivity index (χ1v) is 5.51. The second-order valence-corrected chi connectivity index (χ2v) is 3.84. The summed E-state index contributed by atoms with van der Waals surface area (Å²) in [7, 11) is 1.63. The summed E-state index contributed by atoms with van der Waals surface area (Å²) in [4.78, 5) is 8.45. The Hall–Kier alpha value is -0.650. The van der Waals surface area contributed by atoms with E-state index in [1.165, 1.54) is 11.8 Å². The van der Waals surface area contributed by atoms with E-state index in [4.69, 9.17) is 10.5 Å². The molecule has 0 bridgehead atoms. The van der Waals surface area contributed by atoms with Crippen LogP contribution in [0.2, 0.25) is 0 Å². The summed E-state index contributed by atoms with van der Waals surface area (Å²) >= 11 is 1.50. The van der Waals surface area contributed by atoms with Crippen LogP contribution in [0.4, 0.5) is 0 Å². The van der Waals surface area contributed by atoms with Crippen LogP contribution in [-0.4, -0.2) is 29.9 Å². The summed E-state index contributed by atoms with van der Waals surface area (Å²) in [6, 6.07) is 1.83. The zero-order valence-electron chi connectivity index (χ0n) is 8.65. The molecule has 78 valence electrons. The van der Waals surface area contributed by atoms with Crippen LogP contribution in [-0.2, 0) is 10.3 Å². The van der Waals surface area contributed by atoms with Gasteiger partial charge in [0, 0.05) is 19.9 Å². The molecule has 2 N–H and O–H groups in total. The molecule has 1 rings (SSSR count). The maximum absolute atomic E-state index is 5.65. The van der Waals surface area contributed by atoms with Crippen molar-refractivity contribution >= 4 is 11.8 Å². The van der Waals surface area contributed by atoms with Crippen molar-refractivity contribution in [1.29, 1.82) is 0 Å². The van der Waals surface area contributed by atoms with Crippen LogP contribution in [0.1, 0.15) is 12.6 Å². The van der Waals surface area contributed by atoms with E-state index < -0.39 is 5.60 Å². The Morgan fingerprint density at radius 3 is 2.86 bits per heavy atom. The van der Waals surface area contributed by atoms with Crippen LogP contribution in [0, 0.1) is 0 Å². The van der Waals surface area contributed by atoms with Gasteiger partial charge in [0.25, 0.3) is 0 Å². The summed E-state index contributed by atoms with van der Waals surface area (Å²) in [5.41, 5.74) is 5.95. The molecular weight excluding hydrogens is 198 g/mol. The van der Waals surface area contributed by atoms with Crippen molar-refractivity contribution in [3.63, 3.8) is 0 Å². The van der Waals surface area contributed by atoms with Crippen LogP contribution in [0.25, 0.3) is 0 Å². The van der Waals surface area contributed by atoms with Crippen molar-refractivity contribution in [3.8, 4) is 0 Å². The molecule has 1 atom stereocenters. The lowest BCUT2D eigenvalue weighted by Crippen LogP contribution is -2.34. The minimum Gasteiger partial charge on any atom is -0.371 e. The van der Waals surface area contributed by atoms with E-state index in [-0.39, 0.29) is 0 Å². The van der Waals surface area contributed by atoms with Crippen molar-refractivity contribution in [1.82, 2.24) is 9.97 Å². The maximum Gasteiger partial charge on any atom is 0.187 e. The largest absolute Gasteiger partial charge is 0.371 e. The number of thioether (sulfide) groups is 1. The average Bonchev–Trinajstić information content (AvgIpc) is 2.28. The molecule has 1 unspecified atom stereocenters. The van der Waals surface area contributed by atoms with E-state index >= 15 is 0 Å². The highest BCUT2D eigenvalue weighted by atomic mass is 32.2. The Morgan fingerprint density at radius 1 is 1.64 bits per heavy atom. The molecule has 1 heterocycles. The molecule has 0 aromatic carbocycles. The predicted octanol–water partition coefficient (Wildman–Crippen LogP) is 1.02. The second kappa shape index (κ2) is 4.72. The predicted molar refractivity (Wildman–Crippen MR) is 57.2 cm³/mol. The molecule has 14 heavy (non-hydrogen) atoms. The fourth-order valence-electron chi connectivity index (χ4n) is 1.03. The van der Waals surface area contributed by atoms with E-state index in [1.54, 1.807) is 13.3 Å². The Bertz CT molecular complexity index is 302. The maximum atomic E-state index is 5.65. The molecule has 0 aliphatic rings. The van der Waals surface area contributed by atoms with E-state index in [2.05, 4.69) is 9.97 Å². The van der Waals surface area contributed by atoms with Crippen molar-refractivity contribution in [2.24, 2.45) is 5.73 Å². The van der Waals surface area contributed by atoms with Gasteiger partial charge in [-0.2, -0.15) is 0 Å². The minimum atomic E-state index is -0.520. The van der Waals surface area contributed by atoms with Gasteiger partial charge in [-0.1, -0.05) is 11.8 Å². The molecule has 1 aromatic rings. The van der Waals surface area contributed by atoms with Gasteiger partial charge in [0.2, 0.25) is 0 Å². The van der Waals surface area contributed by atoms with Crippen molar-refractivity contribution in [3.05, 3.63) is 18.0 Å². The molecule has 0 saturated carbocycles. The summed E-state index contributed by atoms with van der Waals surface area (Å²) in [6.45, 7) is 2.31. The standard InChI is InChI=1S/C9H15N3OS/c1-9(6-10,13-2)7-4-5-11-8(12-7)14-3/h4-5H,6,10H2,1-3H3. The zero-order chi connectivity index (χ0) is 10.6. The Balaban J connectivity index is 3.04. The summed E-state index contributed by atoms with van der Waals surface area (Å²) in [5, 5.41) is 0.735. The van der Waals surface area contributed by atoms with Gasteiger partial charge in [0.15, 0.2) is 5.16 Å². The van der Waals surface area contributed by atoms with Gasteiger partial charge < -0.3 is 10.5 Å². The summed E-state index contributed by atoms with van der Waals surface area (Å²) in [5.74, 6) is 0. The number of rotatable bonds is 4. The fraction of sp³-hybridized carbons (Fsp3) is 0.556. The normalized spacial score (nSPS) is 15.1. The molecule has 0 aliphatic heterocycles. The molecular formula is C9H15N3OS. The first kappa shape index (κ1) is 11.4. The van der Waals surface area contributed by atoms with Gasteiger partial charge >= 0.3 is 0 Å². The van der Waals surface area contributed by atoms with E-state index in [0.717, 1.165) is 10.9 Å². The highest BCUT2D eigenvalue weighted by Gasteiger charge is 2.26. The number of aromatic nitrogens is 2. The molecule has 0 amide bonds. The lowest BCUT2D eigenvalue weighted by Gasteiger charge is -2.25. The van der Waals surface area contributed by atoms with Gasteiger partial charge in [-0.25, -0.2) is 9.97 Å². The van der Waals surface area contributed by atoms with Crippen molar-refractivity contribution < 1.29 is 4.74 Å². The first-order chi connectivity index (χ1) is 6.66. The smallest absolute Gasteiger partial charge is 0.187 e. The first-order valence-electron chi connectivity index (χ1n) is 4.29. The second-order valence-electron chi connectivity index (χ2n) is 3.07. The highest BCUT2D eigenvalue weighted by molar-refractivity contribution is 7.98. The topological polar surface area (TPSA) is 61.0 Å². The third-order valence-corrected chi connectivity index (χ3v) is 2.76. The number of hydrogen-bond donors (Lipinski definition) is 1. The molecule has 0 spiro atoms. The van der Waals surface area contributed by atoms with Crippen molar-refractivity contribution in [2.45, 2.75) is 17.7 Å². The van der Waals surface area contributed by atoms with Crippen LogP contribution >= 0.6 is 11.8 Å². The lowest BCUT2D eigenvalue weighted by atomic mass is 10.0. The van der Waals surface area contributed by atoms with Gasteiger partial charge in [0.1, 0.15) is 5.60 Å². The molecule has 0 saturated heterocycles. The van der Waals surface area contributed by atoms with E-state index in [0.29, 0.717) is 6.54 Å². The molecule has 1 aromatic heterocycles. The highest BCUT2D eigenvalue weighted by Crippen LogP contribution is 2.22. The quantitative estimate of drug-likeness (QED) is 0.597. The van der Waals surface area contributed by atoms with Gasteiger partial charge in [-0.3, -0.25) is 0 Å². The molecule has 0 aliphatic carbocycles. The third kappa shape index (κ3) is 2.23. The van der Waals surface area contributed by atoms with E-state index in [1.807, 2.05) is 19.2 Å². The van der Waals surface area contributed by atoms with Crippen LogP contribution in [0.3, 0.4) is 0 Å². The molecule has 0 radical (unpaired) electrons. The third-order valence-electron chi connectivity index (χ3n) is 2.20. The number of hydrogen-bond acceptors (Lipinski definition) is 5. The average molecular weight is 213 g/mol. The summed E-state index contributed by atoms with van der Waals surface area (Å²) in [6.07, 6.45) is 3.66. The summed E-state index contributed by atoms with van der Waals surface area (Å²) < 4.78 is 5.35. The number of nitrogens with zero attached hydrogens (tertiary/aromatic N) is 2. The van der Waals surface area contributed by atoms with Gasteiger partial charge in [-0.15, -0.1) is 0 Å². The molecule has 0 fully saturated rings. The Morgan fingerprint density at radius 2 is 2.36 bits per heavy atom. The lowest BCUT2D eigenvalue weighted by molar-refractivity contribution is 0.00577. The SMILES string of the molecule is COC(C)(CN)c1ccnc(SC)n1. The molecule has 5 heteroatoms. The fourth-order valence-corrected chi connectivity index (χ4v) is 1.38. The zero-order valence-corrected chi connectivity index (χ0v) is 9.47. The number of ether oxygens (including phenoxy) is 1. The van der Waals surface area contributed by atoms with Crippen molar-refractivity contribution in [2.75, 3.05) is 19.9 Å². The van der Waals surface area contributed by atoms with Crippen LogP contribution < -0.4 is 5.73 Å². The Labute approximate surface area is 88.3 Å². The number of methoxy groups -OCH3 is 1. The van der Waals surface area contributed by atoms with Crippen LogP contribution in [0.5, 0.6) is 0 Å². The minimum absolute atomic E-state index is 0.397. The monoisotopic (exact) mass is 213 g/mol. The van der Waals surface area contributed by atoms with Gasteiger partial charge in [-0.05, 0) is 19.2 Å². The Kier molecular flexibility index (Phi) is 3.86.